The van der Waals surface area contributed by atoms with E-state index in [4.69, 9.17) is 0 Å². The van der Waals surface area contributed by atoms with Gasteiger partial charge in [-0.15, -0.1) is 0 Å². The first-order chi connectivity index (χ1) is 17.9. The minimum atomic E-state index is -0.331. The minimum Gasteiger partial charge on any atom is -0.349 e. The van der Waals surface area contributed by atoms with Gasteiger partial charge in [-0.25, -0.2) is 4.39 Å². The van der Waals surface area contributed by atoms with Crippen LogP contribution < -0.4 is 10.2 Å². The van der Waals surface area contributed by atoms with E-state index in [-0.39, 0.29) is 30.2 Å². The SMILES string of the molecule is CC1CCCC(NC(=O)c2ccc(/C=C3\Sc4ccccc4N(Cc4ccccc4F)C3=O)cc2)C1C. The summed E-state index contributed by atoms with van der Waals surface area (Å²) in [7, 11) is 0. The molecule has 2 aliphatic rings. The summed E-state index contributed by atoms with van der Waals surface area (Å²) >= 11 is 1.41. The maximum Gasteiger partial charge on any atom is 0.265 e. The Bertz CT molecular complexity index is 1340. The molecule has 4 nitrogen and oxygen atoms in total. The van der Waals surface area contributed by atoms with E-state index in [2.05, 4.69) is 19.2 Å². The second-order valence-corrected chi connectivity index (χ2v) is 11.1. The van der Waals surface area contributed by atoms with Gasteiger partial charge < -0.3 is 10.2 Å². The molecule has 0 saturated heterocycles. The van der Waals surface area contributed by atoms with Crippen LogP contribution in [0.2, 0.25) is 0 Å². The van der Waals surface area contributed by atoms with E-state index in [0.29, 0.717) is 27.9 Å². The van der Waals surface area contributed by atoms with Crippen LogP contribution in [0.3, 0.4) is 0 Å². The number of hydrogen-bond acceptors (Lipinski definition) is 3. The summed E-state index contributed by atoms with van der Waals surface area (Å²) in [5.41, 5.74) is 2.68. The van der Waals surface area contributed by atoms with Gasteiger partial charge >= 0.3 is 0 Å². The van der Waals surface area contributed by atoms with Crippen LogP contribution >= 0.6 is 11.8 Å². The highest BCUT2D eigenvalue weighted by Gasteiger charge is 2.30. The van der Waals surface area contributed by atoms with Crippen LogP contribution in [0.1, 0.15) is 54.6 Å². The number of nitrogens with one attached hydrogen (secondary N) is 1. The summed E-state index contributed by atoms with van der Waals surface area (Å²) in [5.74, 6) is 0.516. The van der Waals surface area contributed by atoms with E-state index < -0.39 is 0 Å². The molecule has 0 radical (unpaired) electrons. The first-order valence-corrected chi connectivity index (χ1v) is 13.7. The third-order valence-electron chi connectivity index (χ3n) is 7.61. The molecule has 0 bridgehead atoms. The normalized spacial score (nSPS) is 22.6. The van der Waals surface area contributed by atoms with E-state index in [1.165, 1.54) is 24.2 Å². The number of halogens is 1. The molecule has 37 heavy (non-hydrogen) atoms. The predicted molar refractivity (Wildman–Crippen MR) is 148 cm³/mol. The van der Waals surface area contributed by atoms with Gasteiger partial charge in [-0.2, -0.15) is 0 Å². The van der Waals surface area contributed by atoms with Crippen LogP contribution in [0, 0.1) is 17.7 Å². The van der Waals surface area contributed by atoms with Crippen molar-refractivity contribution >= 4 is 35.3 Å². The smallest absolute Gasteiger partial charge is 0.265 e. The van der Waals surface area contributed by atoms with Crippen LogP contribution in [0.4, 0.5) is 10.1 Å². The lowest BCUT2D eigenvalue weighted by Gasteiger charge is -2.34. The molecule has 1 saturated carbocycles. The molecule has 5 rings (SSSR count). The molecule has 190 valence electrons. The van der Waals surface area contributed by atoms with Crippen molar-refractivity contribution in [3.63, 3.8) is 0 Å². The Hall–Kier alpha value is -3.38. The van der Waals surface area contributed by atoms with Crippen LogP contribution in [-0.2, 0) is 11.3 Å². The summed E-state index contributed by atoms with van der Waals surface area (Å²) in [6, 6.07) is 21.8. The average molecular weight is 515 g/mol. The Balaban J connectivity index is 1.35. The topological polar surface area (TPSA) is 49.4 Å². The van der Waals surface area contributed by atoms with Crippen LogP contribution in [0.5, 0.6) is 0 Å². The fourth-order valence-electron chi connectivity index (χ4n) is 5.14. The van der Waals surface area contributed by atoms with E-state index >= 15 is 0 Å². The third kappa shape index (κ3) is 5.49. The van der Waals surface area contributed by atoms with Crippen LogP contribution in [0.25, 0.3) is 6.08 Å². The lowest BCUT2D eigenvalue weighted by molar-refractivity contribution is -0.114. The van der Waals surface area contributed by atoms with Crippen LogP contribution in [0.15, 0.2) is 82.6 Å². The molecular formula is C31H31FN2O2S. The van der Waals surface area contributed by atoms with Gasteiger partial charge in [-0.3, -0.25) is 9.59 Å². The zero-order chi connectivity index (χ0) is 25.9. The number of carbonyl (C=O) groups is 2. The van der Waals surface area contributed by atoms with Gasteiger partial charge in [0.2, 0.25) is 0 Å². The quantitative estimate of drug-likeness (QED) is 0.371. The Labute approximate surface area is 222 Å². The number of hydrogen-bond donors (Lipinski definition) is 1. The van der Waals surface area contributed by atoms with Crippen molar-refractivity contribution in [1.82, 2.24) is 5.32 Å². The standard InChI is InChI=1S/C31H31FN2O2S/c1-20-8-7-11-26(21(20)2)33-30(35)23-16-14-22(15-17-23)18-29-31(36)34(19-24-9-3-4-10-25(24)32)27-12-5-6-13-28(27)37-29/h3-6,9-10,12-18,20-21,26H,7-8,11,19H2,1-2H3,(H,33,35)/b29-18-. The number of para-hydroxylation sites is 1. The molecule has 2 amide bonds. The van der Waals surface area contributed by atoms with Crippen LogP contribution in [-0.4, -0.2) is 17.9 Å². The Morgan fingerprint density at radius 2 is 1.76 bits per heavy atom. The predicted octanol–water partition coefficient (Wildman–Crippen LogP) is 7.06. The third-order valence-corrected chi connectivity index (χ3v) is 8.69. The highest BCUT2D eigenvalue weighted by Crippen LogP contribution is 2.42. The monoisotopic (exact) mass is 514 g/mol. The van der Waals surface area contributed by atoms with Crippen molar-refractivity contribution in [2.24, 2.45) is 11.8 Å². The Morgan fingerprint density at radius 3 is 2.54 bits per heavy atom. The van der Waals surface area contributed by atoms with Gasteiger partial charge in [0.1, 0.15) is 5.82 Å². The summed E-state index contributed by atoms with van der Waals surface area (Å²) in [4.78, 5) is 29.5. The highest BCUT2D eigenvalue weighted by molar-refractivity contribution is 8.04. The molecule has 3 unspecified atom stereocenters. The summed E-state index contributed by atoms with van der Waals surface area (Å²) < 4.78 is 14.4. The van der Waals surface area contributed by atoms with Crippen molar-refractivity contribution in [2.45, 2.75) is 50.6 Å². The van der Waals surface area contributed by atoms with Gasteiger partial charge in [-0.05, 0) is 60.2 Å². The number of benzene rings is 3. The van der Waals surface area contributed by atoms with Gasteiger partial charge in [0.05, 0.1) is 17.1 Å². The fourth-order valence-corrected chi connectivity index (χ4v) is 6.19. The molecule has 0 aromatic heterocycles. The van der Waals surface area contributed by atoms with Crippen molar-refractivity contribution < 1.29 is 14.0 Å². The minimum absolute atomic E-state index is 0.0572. The lowest BCUT2D eigenvalue weighted by Crippen LogP contribution is -2.43. The molecule has 1 heterocycles. The number of nitrogens with zero attached hydrogens (tertiary/aromatic N) is 1. The van der Waals surface area contributed by atoms with Gasteiger partial charge in [0, 0.05) is 22.1 Å². The first kappa shape index (κ1) is 25.3. The number of carbonyl (C=O) groups excluding carboxylic acids is 2. The van der Waals surface area contributed by atoms with Crippen molar-refractivity contribution in [2.75, 3.05) is 4.90 Å². The number of amides is 2. The number of fused-ring (bicyclic) bond motifs is 1. The zero-order valence-electron chi connectivity index (χ0n) is 21.1. The fraction of sp³-hybridized carbons (Fsp3) is 0.290. The first-order valence-electron chi connectivity index (χ1n) is 12.9. The molecule has 6 heteroatoms. The van der Waals surface area contributed by atoms with Crippen molar-refractivity contribution in [3.8, 4) is 0 Å². The second kappa shape index (κ2) is 10.9. The molecule has 3 aromatic rings. The molecule has 1 N–H and O–H groups in total. The summed E-state index contributed by atoms with van der Waals surface area (Å²) in [6.07, 6.45) is 5.22. The molecular weight excluding hydrogens is 483 g/mol. The summed E-state index contributed by atoms with van der Waals surface area (Å²) in [5, 5.41) is 3.22. The molecule has 0 spiro atoms. The molecule has 1 fully saturated rings. The molecule has 1 aliphatic carbocycles. The van der Waals surface area contributed by atoms with E-state index in [0.717, 1.165) is 29.0 Å². The molecule has 3 aromatic carbocycles. The Kier molecular flexibility index (Phi) is 7.47. The van der Waals surface area contributed by atoms with E-state index in [1.807, 2.05) is 54.6 Å². The highest BCUT2D eigenvalue weighted by atomic mass is 32.2. The average Bonchev–Trinajstić information content (AvgIpc) is 2.90. The lowest BCUT2D eigenvalue weighted by atomic mass is 9.78. The second-order valence-electron chi connectivity index (χ2n) is 10.0. The zero-order valence-corrected chi connectivity index (χ0v) is 21.9. The summed E-state index contributed by atoms with van der Waals surface area (Å²) in [6.45, 7) is 4.62. The maximum absolute atomic E-state index is 14.4. The number of rotatable bonds is 5. The number of anilines is 1. The van der Waals surface area contributed by atoms with E-state index in [9.17, 15) is 14.0 Å². The Morgan fingerprint density at radius 1 is 1.03 bits per heavy atom. The molecule has 3 atom stereocenters. The van der Waals surface area contributed by atoms with E-state index in [1.54, 1.807) is 23.1 Å². The van der Waals surface area contributed by atoms with Crippen molar-refractivity contribution in [1.29, 1.82) is 0 Å². The molecule has 1 aliphatic heterocycles. The number of thioether (sulfide) groups is 1. The van der Waals surface area contributed by atoms with Crippen molar-refractivity contribution in [3.05, 3.63) is 100 Å². The maximum atomic E-state index is 14.4. The van der Waals surface area contributed by atoms with Gasteiger partial charge in [0.25, 0.3) is 11.8 Å². The van der Waals surface area contributed by atoms with Gasteiger partial charge in [-0.1, -0.05) is 80.9 Å². The van der Waals surface area contributed by atoms with Gasteiger partial charge in [0.15, 0.2) is 0 Å². The largest absolute Gasteiger partial charge is 0.349 e.